The molecule has 1 aromatic carbocycles. The molecule has 100 valence electrons. The van der Waals surface area contributed by atoms with Crippen LogP contribution in [-0.4, -0.2) is 22.0 Å². The summed E-state index contributed by atoms with van der Waals surface area (Å²) in [6.45, 7) is 1.74. The molecule has 1 aliphatic rings. The second-order valence-electron chi connectivity index (χ2n) is 5.03. The lowest BCUT2D eigenvalue weighted by atomic mass is 10.1. The number of benzene rings is 1. The van der Waals surface area contributed by atoms with Gasteiger partial charge < -0.3 is 9.84 Å². The third kappa shape index (κ3) is 2.24. The number of hydrogen-bond acceptors (Lipinski definition) is 3. The van der Waals surface area contributed by atoms with E-state index in [1.165, 1.54) is 12.8 Å². The Morgan fingerprint density at radius 3 is 2.79 bits per heavy atom. The lowest BCUT2D eigenvalue weighted by Crippen LogP contribution is -2.05. The normalized spacial score (nSPS) is 16.4. The highest BCUT2D eigenvalue weighted by Crippen LogP contribution is 2.39. The molecule has 1 N–H and O–H groups in total. The maximum absolute atomic E-state index is 9.99. The summed E-state index contributed by atoms with van der Waals surface area (Å²) in [5.41, 5.74) is 2.79. The summed E-state index contributed by atoms with van der Waals surface area (Å²) in [7, 11) is 1.61. The first-order valence-corrected chi connectivity index (χ1v) is 6.61. The Hall–Kier alpha value is -1.81. The van der Waals surface area contributed by atoms with E-state index in [0.29, 0.717) is 11.7 Å². The van der Waals surface area contributed by atoms with Gasteiger partial charge in [0.2, 0.25) is 0 Å². The molecule has 0 saturated heterocycles. The van der Waals surface area contributed by atoms with Gasteiger partial charge in [-0.15, -0.1) is 0 Å². The van der Waals surface area contributed by atoms with Crippen molar-refractivity contribution < 1.29 is 9.84 Å². The minimum absolute atomic E-state index is 0.597. The predicted molar refractivity (Wildman–Crippen MR) is 72.7 cm³/mol. The van der Waals surface area contributed by atoms with Crippen molar-refractivity contribution in [2.45, 2.75) is 31.8 Å². The number of aliphatic hydroxyl groups is 1. The third-order valence-corrected chi connectivity index (χ3v) is 3.53. The number of hydrogen-bond donors (Lipinski definition) is 1. The molecule has 0 spiro atoms. The molecule has 4 nitrogen and oxygen atoms in total. The number of nitrogens with zero attached hydrogens (tertiary/aromatic N) is 2. The van der Waals surface area contributed by atoms with Crippen molar-refractivity contribution in [2.24, 2.45) is 0 Å². The Bertz CT molecular complexity index is 586. The van der Waals surface area contributed by atoms with Crippen LogP contribution in [0.25, 0.3) is 5.69 Å². The predicted octanol–water partition coefficient (Wildman–Crippen LogP) is 2.81. The molecule has 19 heavy (non-hydrogen) atoms. The maximum atomic E-state index is 9.99. The molecule has 1 aliphatic carbocycles. The summed E-state index contributed by atoms with van der Waals surface area (Å²) in [6, 6.07) is 7.78. The van der Waals surface area contributed by atoms with E-state index in [2.05, 4.69) is 11.2 Å². The van der Waals surface area contributed by atoms with Crippen LogP contribution in [0.4, 0.5) is 0 Å². The van der Waals surface area contributed by atoms with Crippen LogP contribution < -0.4 is 4.74 Å². The summed E-state index contributed by atoms with van der Waals surface area (Å²) >= 11 is 0. The fourth-order valence-electron chi connectivity index (χ4n) is 2.40. The molecule has 1 fully saturated rings. The van der Waals surface area contributed by atoms with E-state index >= 15 is 0 Å². The highest BCUT2D eigenvalue weighted by molar-refractivity contribution is 5.50. The van der Waals surface area contributed by atoms with Crippen molar-refractivity contribution in [1.82, 2.24) is 9.78 Å². The van der Waals surface area contributed by atoms with Gasteiger partial charge in [0.05, 0.1) is 24.6 Å². The maximum Gasteiger partial charge on any atom is 0.126 e. The summed E-state index contributed by atoms with van der Waals surface area (Å²) in [6.07, 6.45) is 3.82. The quantitative estimate of drug-likeness (QED) is 0.917. The minimum Gasteiger partial charge on any atom is -0.496 e. The minimum atomic E-state index is -0.597. The van der Waals surface area contributed by atoms with Crippen molar-refractivity contribution in [3.63, 3.8) is 0 Å². The number of rotatable bonds is 4. The Kier molecular flexibility index (Phi) is 3.03. The van der Waals surface area contributed by atoms with Gasteiger partial charge in [-0.05, 0) is 38.0 Å². The number of ether oxygens (including phenoxy) is 1. The largest absolute Gasteiger partial charge is 0.496 e. The van der Waals surface area contributed by atoms with Gasteiger partial charge in [0.15, 0.2) is 0 Å². The number of aliphatic hydroxyl groups excluding tert-OH is 1. The van der Waals surface area contributed by atoms with E-state index in [-0.39, 0.29) is 0 Å². The Balaban J connectivity index is 2.07. The van der Waals surface area contributed by atoms with Crippen molar-refractivity contribution in [3.8, 4) is 11.4 Å². The Labute approximate surface area is 112 Å². The number of aromatic nitrogens is 2. The van der Waals surface area contributed by atoms with Gasteiger partial charge in [0, 0.05) is 17.7 Å². The van der Waals surface area contributed by atoms with E-state index in [9.17, 15) is 5.11 Å². The van der Waals surface area contributed by atoms with Crippen LogP contribution in [0.15, 0.2) is 30.5 Å². The Morgan fingerprint density at radius 1 is 1.37 bits per heavy atom. The van der Waals surface area contributed by atoms with Crippen molar-refractivity contribution in [3.05, 3.63) is 41.7 Å². The first-order valence-electron chi connectivity index (χ1n) is 6.61. The van der Waals surface area contributed by atoms with Crippen molar-refractivity contribution >= 4 is 0 Å². The molecule has 3 rings (SSSR count). The SMILES string of the molecule is COc1cccc(-n2ccc(C3CC3)n2)c1[C@@H](C)O. The first-order chi connectivity index (χ1) is 9.20. The fourth-order valence-corrected chi connectivity index (χ4v) is 2.40. The highest BCUT2D eigenvalue weighted by atomic mass is 16.5. The highest BCUT2D eigenvalue weighted by Gasteiger charge is 2.26. The lowest BCUT2D eigenvalue weighted by Gasteiger charge is -2.15. The van der Waals surface area contributed by atoms with Crippen molar-refractivity contribution in [2.75, 3.05) is 7.11 Å². The first kappa shape index (κ1) is 12.2. The molecule has 4 heteroatoms. The van der Waals surface area contributed by atoms with Gasteiger partial charge in [-0.2, -0.15) is 5.10 Å². The summed E-state index contributed by atoms with van der Waals surface area (Å²) in [5.74, 6) is 1.32. The summed E-state index contributed by atoms with van der Waals surface area (Å²) in [4.78, 5) is 0. The van der Waals surface area contributed by atoms with Gasteiger partial charge in [-0.25, -0.2) is 4.68 Å². The Morgan fingerprint density at radius 2 is 2.16 bits per heavy atom. The zero-order valence-electron chi connectivity index (χ0n) is 11.2. The second kappa shape index (κ2) is 4.70. The van der Waals surface area contributed by atoms with Gasteiger partial charge >= 0.3 is 0 Å². The van der Waals surface area contributed by atoms with Crippen LogP contribution in [0.2, 0.25) is 0 Å². The van der Waals surface area contributed by atoms with E-state index in [1.54, 1.807) is 14.0 Å². The number of methoxy groups -OCH3 is 1. The standard InChI is InChI=1S/C15H18N2O2/c1-10(18)15-13(4-3-5-14(15)19-2)17-9-8-12(16-17)11-6-7-11/h3-5,8-11,18H,6-7H2,1-2H3/t10-/m1/s1. The zero-order valence-corrected chi connectivity index (χ0v) is 11.2. The van der Waals surface area contributed by atoms with Gasteiger partial charge in [0.25, 0.3) is 0 Å². The molecule has 1 aromatic heterocycles. The van der Waals surface area contributed by atoms with Crippen LogP contribution in [0, 0.1) is 0 Å². The van der Waals surface area contributed by atoms with E-state index in [1.807, 2.05) is 29.1 Å². The molecule has 0 bridgehead atoms. The molecule has 1 heterocycles. The average molecular weight is 258 g/mol. The van der Waals surface area contributed by atoms with E-state index < -0.39 is 6.10 Å². The van der Waals surface area contributed by atoms with Crippen LogP contribution in [0.5, 0.6) is 5.75 Å². The third-order valence-electron chi connectivity index (χ3n) is 3.53. The van der Waals surface area contributed by atoms with E-state index in [0.717, 1.165) is 16.9 Å². The summed E-state index contributed by atoms with van der Waals surface area (Å²) in [5, 5.41) is 14.6. The van der Waals surface area contributed by atoms with Gasteiger partial charge in [0.1, 0.15) is 5.75 Å². The molecule has 1 atom stereocenters. The molecule has 2 aromatic rings. The average Bonchev–Trinajstić information content (AvgIpc) is 3.15. The topological polar surface area (TPSA) is 47.3 Å². The molecule has 0 aliphatic heterocycles. The molecule has 0 amide bonds. The van der Waals surface area contributed by atoms with Crippen LogP contribution in [-0.2, 0) is 0 Å². The summed E-state index contributed by atoms with van der Waals surface area (Å²) < 4.78 is 7.17. The smallest absolute Gasteiger partial charge is 0.126 e. The van der Waals surface area contributed by atoms with Crippen molar-refractivity contribution in [1.29, 1.82) is 0 Å². The molecular weight excluding hydrogens is 240 g/mol. The van der Waals surface area contributed by atoms with Gasteiger partial charge in [-0.1, -0.05) is 6.07 Å². The fraction of sp³-hybridized carbons (Fsp3) is 0.400. The second-order valence-corrected chi connectivity index (χ2v) is 5.03. The molecule has 1 saturated carbocycles. The van der Waals surface area contributed by atoms with Gasteiger partial charge in [-0.3, -0.25) is 0 Å². The molecular formula is C15H18N2O2. The lowest BCUT2D eigenvalue weighted by molar-refractivity contribution is 0.194. The van der Waals surface area contributed by atoms with E-state index in [4.69, 9.17) is 4.74 Å². The van der Waals surface area contributed by atoms with Crippen LogP contribution >= 0.6 is 0 Å². The molecule has 0 radical (unpaired) electrons. The van der Waals surface area contributed by atoms with Crippen LogP contribution in [0.3, 0.4) is 0 Å². The monoisotopic (exact) mass is 258 g/mol. The molecule has 0 unspecified atom stereocenters. The van der Waals surface area contributed by atoms with Crippen LogP contribution in [0.1, 0.15) is 43.0 Å². The zero-order chi connectivity index (χ0) is 13.4.